The maximum atomic E-state index is 5.68. The fourth-order valence-corrected chi connectivity index (χ4v) is 1.41. The van der Waals surface area contributed by atoms with Crippen LogP contribution < -0.4 is 11.9 Å². The highest BCUT2D eigenvalue weighted by Gasteiger charge is 2.03. The van der Waals surface area contributed by atoms with Gasteiger partial charge in [0.05, 0.1) is 8.80 Å². The van der Waals surface area contributed by atoms with E-state index >= 15 is 0 Å². The van der Waals surface area contributed by atoms with Crippen LogP contribution in [0.15, 0.2) is 0 Å². The van der Waals surface area contributed by atoms with E-state index in [1.54, 1.807) is 0 Å². The maximum absolute atomic E-state index is 5.68. The molecule has 5 N–H and O–H groups in total. The lowest BCUT2D eigenvalue weighted by Crippen LogP contribution is -2.32. The molecule has 0 radical (unpaired) electrons. The van der Waals surface area contributed by atoms with Crippen LogP contribution in [0.5, 0.6) is 0 Å². The van der Waals surface area contributed by atoms with Crippen molar-refractivity contribution in [3.63, 3.8) is 0 Å². The highest BCUT2D eigenvalue weighted by Crippen LogP contribution is 1.90. The van der Waals surface area contributed by atoms with Gasteiger partial charge < -0.3 is 11.9 Å². The first-order chi connectivity index (χ1) is 3.18. The van der Waals surface area contributed by atoms with Crippen molar-refractivity contribution < 1.29 is 0 Å². The predicted molar refractivity (Wildman–Crippen MR) is 42.2 cm³/mol. The van der Waals surface area contributed by atoms with Gasteiger partial charge in [0, 0.05) is 0 Å². The van der Waals surface area contributed by atoms with Gasteiger partial charge in [0.1, 0.15) is 0 Å². The average molecular weight is 134 g/mol. The summed E-state index contributed by atoms with van der Waals surface area (Å²) in [4.78, 5) is 0. The third-order valence-corrected chi connectivity index (χ3v) is 3.51. The van der Waals surface area contributed by atoms with Crippen molar-refractivity contribution in [1.82, 2.24) is 6.15 Å². The zero-order chi connectivity index (χ0) is 5.86. The van der Waals surface area contributed by atoms with Crippen molar-refractivity contribution in [2.75, 3.05) is 0 Å². The van der Waals surface area contributed by atoms with E-state index in [9.17, 15) is 0 Å². The number of hydrogen-bond acceptors (Lipinski definition) is 2. The van der Waals surface area contributed by atoms with Gasteiger partial charge in [-0.2, -0.15) is 0 Å². The summed E-state index contributed by atoms with van der Waals surface area (Å²) >= 11 is 0. The van der Waals surface area contributed by atoms with Crippen molar-refractivity contribution in [2.24, 2.45) is 5.73 Å². The zero-order valence-electron chi connectivity index (χ0n) is 6.15. The summed E-state index contributed by atoms with van der Waals surface area (Å²) in [6.45, 7) is 6.72. The molecule has 0 heterocycles. The van der Waals surface area contributed by atoms with Gasteiger partial charge in [0.15, 0.2) is 0 Å². The molecule has 0 aliphatic rings. The van der Waals surface area contributed by atoms with Crippen LogP contribution in [0.2, 0.25) is 13.1 Å². The van der Waals surface area contributed by atoms with Gasteiger partial charge in [0.25, 0.3) is 0 Å². The van der Waals surface area contributed by atoms with E-state index in [-0.39, 0.29) is 6.15 Å². The van der Waals surface area contributed by atoms with Crippen LogP contribution in [-0.2, 0) is 0 Å². The number of rotatable bonds is 2. The lowest BCUT2D eigenvalue weighted by Gasteiger charge is -2.09. The van der Waals surface area contributed by atoms with E-state index in [1.165, 1.54) is 0 Å². The summed E-state index contributed by atoms with van der Waals surface area (Å²) in [5.74, 6) is 0. The van der Waals surface area contributed by atoms with Gasteiger partial charge in [-0.3, -0.25) is 0 Å². The molecule has 0 aromatic carbocycles. The van der Waals surface area contributed by atoms with Gasteiger partial charge in [-0.05, 0) is 12.1 Å². The minimum Gasteiger partial charge on any atom is -0.344 e. The van der Waals surface area contributed by atoms with Gasteiger partial charge >= 0.3 is 0 Å². The largest absolute Gasteiger partial charge is 0.344 e. The number of nitrogens with two attached hydrogens (primary N) is 1. The van der Waals surface area contributed by atoms with Crippen molar-refractivity contribution in [3.8, 4) is 0 Å². The summed E-state index contributed by atoms with van der Waals surface area (Å²) < 4.78 is 0. The second-order valence-corrected chi connectivity index (χ2v) is 5.66. The van der Waals surface area contributed by atoms with Gasteiger partial charge in [-0.25, -0.2) is 0 Å². The molecule has 0 aliphatic heterocycles. The van der Waals surface area contributed by atoms with Crippen LogP contribution in [0.1, 0.15) is 13.3 Å². The zero-order valence-corrected chi connectivity index (χ0v) is 7.30. The van der Waals surface area contributed by atoms with E-state index in [2.05, 4.69) is 20.0 Å². The molecule has 1 atom stereocenters. The smallest absolute Gasteiger partial charge is 0.0502 e. The minimum absolute atomic E-state index is 0. The predicted octanol–water partition coefficient (Wildman–Crippen LogP) is 0.912. The molecule has 2 nitrogen and oxygen atoms in total. The summed E-state index contributed by atoms with van der Waals surface area (Å²) in [6.07, 6.45) is 1.16. The SMILES string of the molecule is CCC(N)[SiH](C)C.N. The summed E-state index contributed by atoms with van der Waals surface area (Å²) in [7, 11) is -0.487. The Morgan fingerprint density at radius 3 is 1.88 bits per heavy atom. The van der Waals surface area contributed by atoms with Crippen LogP contribution in [0.4, 0.5) is 0 Å². The second-order valence-electron chi connectivity index (χ2n) is 2.32. The van der Waals surface area contributed by atoms with Crippen LogP contribution >= 0.6 is 0 Å². The molecule has 0 fully saturated rings. The van der Waals surface area contributed by atoms with E-state index in [1.807, 2.05) is 0 Å². The minimum atomic E-state index is -0.487. The topological polar surface area (TPSA) is 61.0 Å². The highest BCUT2D eigenvalue weighted by molar-refractivity contribution is 6.57. The Morgan fingerprint density at radius 1 is 1.50 bits per heavy atom. The summed E-state index contributed by atoms with van der Waals surface area (Å²) in [6, 6.07) is 0. The lowest BCUT2D eigenvalue weighted by atomic mass is 10.5. The van der Waals surface area contributed by atoms with Crippen molar-refractivity contribution in [2.45, 2.75) is 32.1 Å². The summed E-state index contributed by atoms with van der Waals surface area (Å²) in [5.41, 5.74) is 6.22. The van der Waals surface area contributed by atoms with Crippen LogP contribution in [0.3, 0.4) is 0 Å². The van der Waals surface area contributed by atoms with Gasteiger partial charge in [-0.15, -0.1) is 0 Å². The van der Waals surface area contributed by atoms with Crippen molar-refractivity contribution >= 4 is 8.80 Å². The molecule has 0 bridgehead atoms. The molecule has 52 valence electrons. The molecule has 0 saturated heterocycles. The van der Waals surface area contributed by atoms with Crippen LogP contribution in [0, 0.1) is 0 Å². The molecule has 0 rings (SSSR count). The van der Waals surface area contributed by atoms with Gasteiger partial charge in [-0.1, -0.05) is 20.0 Å². The third-order valence-electron chi connectivity index (χ3n) is 1.33. The molecule has 1 unspecified atom stereocenters. The molecular weight excluding hydrogens is 116 g/mol. The monoisotopic (exact) mass is 134 g/mol. The standard InChI is InChI=1S/C5H15NSi.H3N/c1-4-5(6)7(2)3;/h5,7H,4,6H2,1-3H3;1H3. The Hall–Kier alpha value is 0.137. The Balaban J connectivity index is 0. The van der Waals surface area contributed by atoms with Crippen molar-refractivity contribution in [1.29, 1.82) is 0 Å². The molecule has 3 heteroatoms. The normalized spacial score (nSPS) is 13.1. The Bertz CT molecular complexity index is 47.7. The average Bonchev–Trinajstić information content (AvgIpc) is 1.65. The fourth-order valence-electron chi connectivity index (χ4n) is 0.471. The molecule has 8 heavy (non-hydrogen) atoms. The third kappa shape index (κ3) is 4.30. The Labute approximate surface area is 53.7 Å². The quantitative estimate of drug-likeness (QED) is 0.551. The highest BCUT2D eigenvalue weighted by atomic mass is 28.3. The molecule has 0 amide bonds. The van der Waals surface area contributed by atoms with E-state index in [4.69, 9.17) is 5.73 Å². The molecule has 0 aliphatic carbocycles. The van der Waals surface area contributed by atoms with Crippen molar-refractivity contribution in [3.05, 3.63) is 0 Å². The second kappa shape index (κ2) is 5.28. The summed E-state index contributed by atoms with van der Waals surface area (Å²) in [5, 5.41) is 0. The first kappa shape index (κ1) is 11.0. The molecule has 0 aromatic rings. The van der Waals surface area contributed by atoms with E-state index in [0.717, 1.165) is 6.42 Å². The molecule has 0 spiro atoms. The first-order valence-electron chi connectivity index (χ1n) is 2.94. The van der Waals surface area contributed by atoms with E-state index in [0.29, 0.717) is 5.67 Å². The first-order valence-corrected chi connectivity index (χ1v) is 5.91. The van der Waals surface area contributed by atoms with E-state index < -0.39 is 8.80 Å². The molecule has 0 aromatic heterocycles. The van der Waals surface area contributed by atoms with Crippen LogP contribution in [-0.4, -0.2) is 14.5 Å². The molecular formula is C5H18N2Si. The Morgan fingerprint density at radius 2 is 1.88 bits per heavy atom. The lowest BCUT2D eigenvalue weighted by molar-refractivity contribution is 0.835. The maximum Gasteiger partial charge on any atom is 0.0502 e. The molecule has 0 saturated carbocycles. The Kier molecular flexibility index (Phi) is 7.26. The number of hydrogen-bond donors (Lipinski definition) is 2. The van der Waals surface area contributed by atoms with Gasteiger partial charge in [0.2, 0.25) is 0 Å². The fraction of sp³-hybridized carbons (Fsp3) is 1.00. The van der Waals surface area contributed by atoms with Crippen LogP contribution in [0.25, 0.3) is 0 Å².